The molecule has 16 heavy (non-hydrogen) atoms. The molecule has 92 valence electrons. The summed E-state index contributed by atoms with van der Waals surface area (Å²) >= 11 is 0. The van der Waals surface area contributed by atoms with E-state index in [0.717, 1.165) is 0 Å². The number of rotatable bonds is 8. The molecule has 0 radical (unpaired) electrons. The summed E-state index contributed by atoms with van der Waals surface area (Å²) in [5, 5.41) is 3.61. The Morgan fingerprint density at radius 2 is 1.81 bits per heavy atom. The Hall–Kier alpha value is -0.980. The van der Waals surface area contributed by atoms with Crippen LogP contribution >= 0.6 is 0 Å². The molecule has 0 unspecified atom stereocenters. The van der Waals surface area contributed by atoms with Crippen LogP contribution in [-0.2, 0) is 0 Å². The first-order valence-electron chi connectivity index (χ1n) is 6.41. The third-order valence-corrected chi connectivity index (χ3v) is 2.66. The molecule has 0 aliphatic carbocycles. The molecule has 0 atom stereocenters. The second-order valence-corrected chi connectivity index (χ2v) is 4.26. The van der Waals surface area contributed by atoms with E-state index in [2.05, 4.69) is 51.7 Å². The first-order valence-corrected chi connectivity index (χ1v) is 6.41. The lowest BCUT2D eigenvalue weighted by atomic mass is 10.1. The van der Waals surface area contributed by atoms with Gasteiger partial charge >= 0.3 is 0 Å². The van der Waals surface area contributed by atoms with Crippen LogP contribution in [0.1, 0.15) is 53.4 Å². The van der Waals surface area contributed by atoms with Crippen molar-refractivity contribution in [3.63, 3.8) is 0 Å². The lowest BCUT2D eigenvalue weighted by Crippen LogP contribution is -2.27. The molecule has 0 amide bonds. The number of hydrogen-bond donors (Lipinski definition) is 1. The van der Waals surface area contributed by atoms with Gasteiger partial charge in [-0.1, -0.05) is 45.4 Å². The van der Waals surface area contributed by atoms with E-state index in [4.69, 9.17) is 0 Å². The monoisotopic (exact) mass is 221 g/mol. The van der Waals surface area contributed by atoms with Gasteiger partial charge in [0.2, 0.25) is 0 Å². The van der Waals surface area contributed by atoms with Crippen molar-refractivity contribution in [2.75, 3.05) is 0 Å². The summed E-state index contributed by atoms with van der Waals surface area (Å²) in [5.74, 6) is 0. The molecule has 0 saturated heterocycles. The molecular formula is C15H27N. The molecule has 1 nitrogen and oxygen atoms in total. The van der Waals surface area contributed by atoms with E-state index in [0.29, 0.717) is 6.04 Å². The summed E-state index contributed by atoms with van der Waals surface area (Å²) in [6.07, 6.45) is 11.1. The van der Waals surface area contributed by atoms with Crippen molar-refractivity contribution in [2.24, 2.45) is 0 Å². The van der Waals surface area contributed by atoms with Gasteiger partial charge in [-0.25, -0.2) is 0 Å². The standard InChI is InChI=1S/C15H27N/c1-6-10-15(11-7-2)16-14(9-4)12-13(5)8-3/h8-9,12,15-16H,3,6-7,10-11H2,1-2,4-5H3/b13-12-,14-9+. The summed E-state index contributed by atoms with van der Waals surface area (Å²) in [5.41, 5.74) is 2.41. The smallest absolute Gasteiger partial charge is 0.0301 e. The Labute approximate surface area is 101 Å². The normalized spacial score (nSPS) is 13.1. The van der Waals surface area contributed by atoms with E-state index in [1.54, 1.807) is 0 Å². The van der Waals surface area contributed by atoms with Crippen molar-refractivity contribution >= 4 is 0 Å². The van der Waals surface area contributed by atoms with E-state index in [1.165, 1.54) is 37.0 Å². The van der Waals surface area contributed by atoms with Crippen LogP contribution in [0.25, 0.3) is 0 Å². The summed E-state index contributed by atoms with van der Waals surface area (Å²) < 4.78 is 0. The summed E-state index contributed by atoms with van der Waals surface area (Å²) in [6.45, 7) is 12.4. The molecule has 0 heterocycles. The quantitative estimate of drug-likeness (QED) is 0.591. The number of allylic oxidation sites excluding steroid dienone is 4. The first-order chi connectivity index (χ1) is 7.67. The predicted molar refractivity (Wildman–Crippen MR) is 74.5 cm³/mol. The summed E-state index contributed by atoms with van der Waals surface area (Å²) in [7, 11) is 0. The van der Waals surface area contributed by atoms with E-state index in [-0.39, 0.29) is 0 Å². The van der Waals surface area contributed by atoms with E-state index < -0.39 is 0 Å². The average Bonchev–Trinajstić information content (AvgIpc) is 2.28. The molecule has 0 aromatic heterocycles. The van der Waals surface area contributed by atoms with E-state index >= 15 is 0 Å². The van der Waals surface area contributed by atoms with Crippen molar-refractivity contribution < 1.29 is 0 Å². The highest BCUT2D eigenvalue weighted by molar-refractivity contribution is 5.26. The van der Waals surface area contributed by atoms with Gasteiger partial charge in [0, 0.05) is 11.7 Å². The molecule has 0 aromatic carbocycles. The van der Waals surface area contributed by atoms with Gasteiger partial charge in [0.25, 0.3) is 0 Å². The second kappa shape index (κ2) is 9.26. The summed E-state index contributed by atoms with van der Waals surface area (Å²) in [4.78, 5) is 0. The minimum Gasteiger partial charge on any atom is -0.383 e. The van der Waals surface area contributed by atoms with Gasteiger partial charge in [-0.05, 0) is 38.3 Å². The maximum absolute atomic E-state index is 3.78. The highest BCUT2D eigenvalue weighted by Crippen LogP contribution is 2.09. The predicted octanol–water partition coefficient (Wildman–Crippen LogP) is 4.58. The van der Waals surface area contributed by atoms with Crippen molar-refractivity contribution in [1.82, 2.24) is 5.32 Å². The molecule has 1 heteroatoms. The Kier molecular flexibility index (Phi) is 8.69. The lowest BCUT2D eigenvalue weighted by molar-refractivity contribution is 0.485. The van der Waals surface area contributed by atoms with Crippen LogP contribution in [0.2, 0.25) is 0 Å². The average molecular weight is 221 g/mol. The maximum atomic E-state index is 3.78. The van der Waals surface area contributed by atoms with Crippen molar-refractivity contribution in [3.8, 4) is 0 Å². The Morgan fingerprint density at radius 3 is 2.19 bits per heavy atom. The minimum absolute atomic E-state index is 0.607. The van der Waals surface area contributed by atoms with Crippen molar-refractivity contribution in [3.05, 3.63) is 36.1 Å². The van der Waals surface area contributed by atoms with Crippen LogP contribution in [0.5, 0.6) is 0 Å². The fraction of sp³-hybridized carbons (Fsp3) is 0.600. The topological polar surface area (TPSA) is 12.0 Å². The van der Waals surface area contributed by atoms with E-state index in [1.807, 2.05) is 6.08 Å². The Balaban J connectivity index is 4.43. The number of nitrogens with one attached hydrogen (secondary N) is 1. The molecule has 1 N–H and O–H groups in total. The molecule has 0 aromatic rings. The van der Waals surface area contributed by atoms with Gasteiger partial charge in [-0.2, -0.15) is 0 Å². The van der Waals surface area contributed by atoms with Gasteiger partial charge < -0.3 is 5.32 Å². The van der Waals surface area contributed by atoms with Gasteiger partial charge in [0.15, 0.2) is 0 Å². The zero-order valence-electron chi connectivity index (χ0n) is 11.3. The second-order valence-electron chi connectivity index (χ2n) is 4.26. The summed E-state index contributed by atoms with van der Waals surface area (Å²) in [6, 6.07) is 0.607. The highest BCUT2D eigenvalue weighted by atomic mass is 14.9. The Bertz CT molecular complexity index is 242. The fourth-order valence-electron chi connectivity index (χ4n) is 1.73. The zero-order chi connectivity index (χ0) is 12.4. The molecule has 0 rings (SSSR count). The number of hydrogen-bond acceptors (Lipinski definition) is 1. The molecule has 0 bridgehead atoms. The third-order valence-electron chi connectivity index (χ3n) is 2.66. The molecule has 0 aliphatic rings. The van der Waals surface area contributed by atoms with E-state index in [9.17, 15) is 0 Å². The molecule has 0 spiro atoms. The van der Waals surface area contributed by atoms with Crippen LogP contribution in [0, 0.1) is 0 Å². The minimum atomic E-state index is 0.607. The fourth-order valence-corrected chi connectivity index (χ4v) is 1.73. The van der Waals surface area contributed by atoms with Crippen LogP contribution in [0.15, 0.2) is 36.1 Å². The van der Waals surface area contributed by atoms with Crippen LogP contribution in [-0.4, -0.2) is 6.04 Å². The lowest BCUT2D eigenvalue weighted by Gasteiger charge is -2.19. The van der Waals surface area contributed by atoms with Crippen molar-refractivity contribution in [2.45, 2.75) is 59.4 Å². The van der Waals surface area contributed by atoms with Gasteiger partial charge in [-0.3, -0.25) is 0 Å². The zero-order valence-corrected chi connectivity index (χ0v) is 11.3. The molecule has 0 fully saturated rings. The maximum Gasteiger partial charge on any atom is 0.0301 e. The molecular weight excluding hydrogens is 194 g/mol. The Morgan fingerprint density at radius 1 is 1.25 bits per heavy atom. The molecule has 0 saturated carbocycles. The van der Waals surface area contributed by atoms with Crippen LogP contribution in [0.4, 0.5) is 0 Å². The van der Waals surface area contributed by atoms with Crippen molar-refractivity contribution in [1.29, 1.82) is 0 Å². The highest BCUT2D eigenvalue weighted by Gasteiger charge is 2.06. The van der Waals surface area contributed by atoms with Gasteiger partial charge in [-0.15, -0.1) is 0 Å². The first kappa shape index (κ1) is 15.0. The van der Waals surface area contributed by atoms with Gasteiger partial charge in [0.1, 0.15) is 0 Å². The van der Waals surface area contributed by atoms with Crippen LogP contribution in [0.3, 0.4) is 0 Å². The van der Waals surface area contributed by atoms with Crippen LogP contribution < -0.4 is 5.32 Å². The SMILES string of the molecule is C=C/C(C)=C\C(=C/C)NC(CCC)CCC. The molecule has 0 aliphatic heterocycles. The largest absolute Gasteiger partial charge is 0.383 e. The third kappa shape index (κ3) is 6.49. The van der Waals surface area contributed by atoms with Gasteiger partial charge in [0.05, 0.1) is 0 Å².